The maximum absolute atomic E-state index is 11.6. The molecule has 0 saturated heterocycles. The molecule has 45 heavy (non-hydrogen) atoms. The lowest BCUT2D eigenvalue weighted by molar-refractivity contribution is 0.0168. The Labute approximate surface area is 271 Å². The molecule has 0 aliphatic heterocycles. The van der Waals surface area contributed by atoms with Crippen LogP contribution < -0.4 is 0 Å². The first kappa shape index (κ1) is 34.2. The Bertz CT molecular complexity index is 1350. The van der Waals surface area contributed by atoms with Crippen LogP contribution in [0.15, 0.2) is 121 Å². The maximum Gasteiger partial charge on any atom is 0.130 e. The Balaban J connectivity index is 1.53. The zero-order chi connectivity index (χ0) is 32.0. The van der Waals surface area contributed by atoms with Crippen molar-refractivity contribution in [2.24, 2.45) is 11.8 Å². The molecule has 2 N–H and O–H groups in total. The molecule has 4 nitrogen and oxygen atoms in total. The summed E-state index contributed by atoms with van der Waals surface area (Å²) in [6.45, 7) is 11.5. The maximum atomic E-state index is 11.6. The second-order valence-electron chi connectivity index (χ2n) is 12.8. The summed E-state index contributed by atoms with van der Waals surface area (Å²) in [5, 5.41) is 23.2. The molecule has 0 spiro atoms. The molecule has 0 aromatic heterocycles. The fraction of sp³-hybridized carbons (Fsp3) is 0.366. The number of benzene rings is 4. The van der Waals surface area contributed by atoms with Gasteiger partial charge in [-0.05, 0) is 34.1 Å². The van der Waals surface area contributed by atoms with Crippen LogP contribution in [0.2, 0.25) is 0 Å². The van der Waals surface area contributed by atoms with Gasteiger partial charge in [0, 0.05) is 44.7 Å². The summed E-state index contributed by atoms with van der Waals surface area (Å²) in [5.74, 6) is 6.75. The van der Waals surface area contributed by atoms with Crippen LogP contribution in [0.3, 0.4) is 0 Å². The molecule has 4 aromatic rings. The van der Waals surface area contributed by atoms with Crippen molar-refractivity contribution in [1.29, 1.82) is 0 Å². The highest BCUT2D eigenvalue weighted by atomic mass is 16.3. The normalized spacial score (nSPS) is 14.3. The first-order chi connectivity index (χ1) is 21.8. The van der Waals surface area contributed by atoms with Gasteiger partial charge in [0.05, 0.1) is 6.10 Å². The van der Waals surface area contributed by atoms with Gasteiger partial charge in [-0.1, -0.05) is 161 Å². The molecule has 0 radical (unpaired) electrons. The molecule has 4 rings (SSSR count). The van der Waals surface area contributed by atoms with E-state index in [0.29, 0.717) is 19.5 Å². The molecule has 0 amide bonds. The minimum absolute atomic E-state index is 0.106. The quantitative estimate of drug-likeness (QED) is 0.138. The number of aliphatic hydroxyl groups is 2. The third-order valence-electron chi connectivity index (χ3n) is 8.40. The number of rotatable bonds is 15. The number of hydrogen-bond donors (Lipinski definition) is 2. The molecule has 0 aliphatic rings. The zero-order valence-electron chi connectivity index (χ0n) is 27.3. The molecule has 0 fully saturated rings. The number of nitrogens with zero attached hydrogens (tertiary/aromatic N) is 2. The van der Waals surface area contributed by atoms with Crippen LogP contribution >= 0.6 is 0 Å². The molecule has 0 aliphatic carbocycles. The van der Waals surface area contributed by atoms with E-state index in [-0.39, 0.29) is 23.9 Å². The van der Waals surface area contributed by atoms with Gasteiger partial charge >= 0.3 is 0 Å². The van der Waals surface area contributed by atoms with Crippen LogP contribution in [0.25, 0.3) is 0 Å². The van der Waals surface area contributed by atoms with Gasteiger partial charge in [0.1, 0.15) is 6.10 Å². The van der Waals surface area contributed by atoms with Gasteiger partial charge in [-0.3, -0.25) is 9.80 Å². The standard InChI is InChI=1S/C41H50N2O2/c1-32(2)40(42(28-34-18-9-5-10-19-34)29-35-20-11-6-12-21-35)38(44)26-17-27-39(45)41(33(3)4)43(30-36-22-13-7-14-23-36)31-37-24-15-8-16-25-37/h5-16,18-25,32-33,38-41,44-45H,26,28-31H2,1-4H3/t38-,39+,40+,41+/m1/s1. The van der Waals surface area contributed by atoms with E-state index in [4.69, 9.17) is 0 Å². The first-order valence-electron chi connectivity index (χ1n) is 16.3. The summed E-state index contributed by atoms with van der Waals surface area (Å²) in [6, 6.07) is 41.4. The Morgan fingerprint density at radius 2 is 0.800 bits per heavy atom. The third kappa shape index (κ3) is 10.7. The van der Waals surface area contributed by atoms with Gasteiger partial charge < -0.3 is 10.2 Å². The smallest absolute Gasteiger partial charge is 0.130 e. The van der Waals surface area contributed by atoms with Gasteiger partial charge in [0.2, 0.25) is 0 Å². The zero-order valence-corrected chi connectivity index (χ0v) is 27.3. The van der Waals surface area contributed by atoms with Crippen LogP contribution in [0.5, 0.6) is 0 Å². The van der Waals surface area contributed by atoms with E-state index in [1.54, 1.807) is 0 Å². The highest BCUT2D eigenvalue weighted by Crippen LogP contribution is 2.24. The highest BCUT2D eigenvalue weighted by molar-refractivity contribution is 5.20. The van der Waals surface area contributed by atoms with Crippen LogP contribution in [0.1, 0.15) is 56.4 Å². The number of hydrogen-bond acceptors (Lipinski definition) is 4. The van der Waals surface area contributed by atoms with Crippen molar-refractivity contribution >= 4 is 0 Å². The second kappa shape index (κ2) is 17.7. The SMILES string of the molecule is CC(C)[C@@H]([C@H](O)CC#C[C@H](O)[C@H](C(C)C)N(Cc1ccccc1)Cc1ccccc1)N(Cc1ccccc1)Cc1ccccc1. The van der Waals surface area contributed by atoms with E-state index < -0.39 is 12.2 Å². The minimum atomic E-state index is -0.855. The van der Waals surface area contributed by atoms with Crippen LogP contribution in [-0.4, -0.2) is 44.3 Å². The van der Waals surface area contributed by atoms with Crippen molar-refractivity contribution in [1.82, 2.24) is 9.80 Å². The van der Waals surface area contributed by atoms with E-state index in [2.05, 4.69) is 146 Å². The molecule has 4 aromatic carbocycles. The Morgan fingerprint density at radius 3 is 1.11 bits per heavy atom. The van der Waals surface area contributed by atoms with Gasteiger partial charge in [-0.15, -0.1) is 0 Å². The Morgan fingerprint density at radius 1 is 0.489 bits per heavy atom. The predicted molar refractivity (Wildman–Crippen MR) is 186 cm³/mol. The van der Waals surface area contributed by atoms with Crippen molar-refractivity contribution in [2.75, 3.05) is 0 Å². The molecule has 4 atom stereocenters. The van der Waals surface area contributed by atoms with Crippen molar-refractivity contribution in [3.8, 4) is 11.8 Å². The van der Waals surface area contributed by atoms with Crippen molar-refractivity contribution in [3.05, 3.63) is 144 Å². The van der Waals surface area contributed by atoms with Gasteiger partial charge in [-0.25, -0.2) is 0 Å². The summed E-state index contributed by atoms with van der Waals surface area (Å²) >= 11 is 0. The number of aliphatic hydroxyl groups excluding tert-OH is 2. The highest BCUT2D eigenvalue weighted by Gasteiger charge is 2.30. The average molecular weight is 603 g/mol. The molecule has 236 valence electrons. The monoisotopic (exact) mass is 602 g/mol. The van der Waals surface area contributed by atoms with Crippen molar-refractivity contribution in [3.63, 3.8) is 0 Å². The fourth-order valence-corrected chi connectivity index (χ4v) is 6.37. The molecular weight excluding hydrogens is 552 g/mol. The van der Waals surface area contributed by atoms with E-state index in [0.717, 1.165) is 13.1 Å². The average Bonchev–Trinajstić information content (AvgIpc) is 3.03. The van der Waals surface area contributed by atoms with Crippen LogP contribution in [-0.2, 0) is 26.2 Å². The third-order valence-corrected chi connectivity index (χ3v) is 8.40. The summed E-state index contributed by atoms with van der Waals surface area (Å²) in [6.07, 6.45) is -1.23. The van der Waals surface area contributed by atoms with Crippen molar-refractivity contribution < 1.29 is 10.2 Å². The molecule has 4 heteroatoms. The van der Waals surface area contributed by atoms with E-state index in [9.17, 15) is 10.2 Å². The topological polar surface area (TPSA) is 46.9 Å². The summed E-state index contributed by atoms with van der Waals surface area (Å²) < 4.78 is 0. The van der Waals surface area contributed by atoms with E-state index in [1.807, 2.05) is 24.3 Å². The first-order valence-corrected chi connectivity index (χ1v) is 16.3. The van der Waals surface area contributed by atoms with E-state index in [1.165, 1.54) is 22.3 Å². The van der Waals surface area contributed by atoms with E-state index >= 15 is 0 Å². The molecule has 0 unspecified atom stereocenters. The summed E-state index contributed by atoms with van der Waals surface area (Å²) in [7, 11) is 0. The molecule has 0 saturated carbocycles. The lowest BCUT2D eigenvalue weighted by atomic mass is 9.92. The molecule has 0 bridgehead atoms. The lowest BCUT2D eigenvalue weighted by Crippen LogP contribution is -2.46. The molecule has 0 heterocycles. The molecular formula is C41H50N2O2. The fourth-order valence-electron chi connectivity index (χ4n) is 6.37. The van der Waals surface area contributed by atoms with Crippen LogP contribution in [0, 0.1) is 23.7 Å². The van der Waals surface area contributed by atoms with Gasteiger partial charge in [0.15, 0.2) is 0 Å². The van der Waals surface area contributed by atoms with Crippen molar-refractivity contribution in [2.45, 2.75) is 84.6 Å². The summed E-state index contributed by atoms with van der Waals surface area (Å²) in [5.41, 5.74) is 4.83. The predicted octanol–water partition coefficient (Wildman–Crippen LogP) is 7.56. The van der Waals surface area contributed by atoms with Crippen LogP contribution in [0.4, 0.5) is 0 Å². The lowest BCUT2D eigenvalue weighted by Gasteiger charge is -2.37. The Hall–Kier alpha value is -3.72. The minimum Gasteiger partial charge on any atom is -0.390 e. The van der Waals surface area contributed by atoms with Gasteiger partial charge in [-0.2, -0.15) is 0 Å². The second-order valence-corrected chi connectivity index (χ2v) is 12.8. The summed E-state index contributed by atoms with van der Waals surface area (Å²) in [4.78, 5) is 4.71. The Kier molecular flexibility index (Phi) is 13.4. The largest absolute Gasteiger partial charge is 0.390 e. The van der Waals surface area contributed by atoms with Gasteiger partial charge in [0.25, 0.3) is 0 Å².